The number of carbonyl (C=O) groups excluding carboxylic acids is 1. The molecule has 1 aromatic heterocycles. The molecule has 0 aliphatic heterocycles. The number of amides is 1. The third-order valence-corrected chi connectivity index (χ3v) is 2.31. The van der Waals surface area contributed by atoms with Crippen LogP contribution in [0.15, 0.2) is 36.5 Å². The van der Waals surface area contributed by atoms with Crippen LogP contribution in [-0.4, -0.2) is 17.4 Å². The summed E-state index contributed by atoms with van der Waals surface area (Å²) in [6.07, 6.45) is 1.74. The van der Waals surface area contributed by atoms with Gasteiger partial charge in [0.2, 0.25) is 5.91 Å². The van der Waals surface area contributed by atoms with Gasteiger partial charge in [0.25, 0.3) is 0 Å². The molecule has 0 atom stereocenters. The van der Waals surface area contributed by atoms with E-state index < -0.39 is 0 Å². The van der Waals surface area contributed by atoms with Gasteiger partial charge < -0.3 is 5.32 Å². The number of benzene rings is 1. The zero-order valence-corrected chi connectivity index (χ0v) is 9.53. The van der Waals surface area contributed by atoms with Gasteiger partial charge in [-0.2, -0.15) is 0 Å². The zero-order chi connectivity index (χ0) is 12.1. The third kappa shape index (κ3) is 2.82. The first kappa shape index (κ1) is 11.2. The van der Waals surface area contributed by atoms with Crippen molar-refractivity contribution in [2.75, 3.05) is 6.54 Å². The Hall–Kier alpha value is -2.34. The van der Waals surface area contributed by atoms with Crippen molar-refractivity contribution >= 4 is 16.7 Å². The van der Waals surface area contributed by atoms with E-state index in [1.165, 1.54) is 6.92 Å². The predicted molar refractivity (Wildman–Crippen MR) is 67.3 cm³/mol. The first-order chi connectivity index (χ1) is 8.27. The lowest BCUT2D eigenvalue weighted by atomic mass is 10.1. The van der Waals surface area contributed by atoms with Crippen LogP contribution in [0, 0.1) is 11.8 Å². The molecular formula is C14H12N2O. The molecule has 0 spiro atoms. The van der Waals surface area contributed by atoms with Gasteiger partial charge in [-0.05, 0) is 17.4 Å². The molecule has 1 N–H and O–H groups in total. The fourth-order valence-electron chi connectivity index (χ4n) is 1.52. The highest BCUT2D eigenvalue weighted by Gasteiger charge is 1.97. The van der Waals surface area contributed by atoms with Gasteiger partial charge >= 0.3 is 0 Å². The first-order valence-corrected chi connectivity index (χ1v) is 5.34. The van der Waals surface area contributed by atoms with Crippen LogP contribution in [0.5, 0.6) is 0 Å². The SMILES string of the molecule is CC(=O)NCC#Cc1nccc2ccccc12. The van der Waals surface area contributed by atoms with E-state index in [0.717, 1.165) is 16.5 Å². The molecule has 3 nitrogen and oxygen atoms in total. The molecule has 2 aromatic rings. The minimum atomic E-state index is -0.0785. The maximum atomic E-state index is 10.7. The Kier molecular flexibility index (Phi) is 3.37. The molecule has 2 rings (SSSR count). The van der Waals surface area contributed by atoms with Crippen molar-refractivity contribution < 1.29 is 4.79 Å². The second-order valence-corrected chi connectivity index (χ2v) is 3.59. The largest absolute Gasteiger partial charge is 0.345 e. The van der Waals surface area contributed by atoms with Crippen molar-refractivity contribution in [1.82, 2.24) is 10.3 Å². The lowest BCUT2D eigenvalue weighted by Gasteiger charge is -1.98. The summed E-state index contributed by atoms with van der Waals surface area (Å²) in [5.74, 6) is 5.77. The number of aromatic nitrogens is 1. The van der Waals surface area contributed by atoms with Gasteiger partial charge in [-0.25, -0.2) is 4.98 Å². The highest BCUT2D eigenvalue weighted by Crippen LogP contribution is 2.14. The monoisotopic (exact) mass is 224 g/mol. The molecule has 0 saturated carbocycles. The van der Waals surface area contributed by atoms with Gasteiger partial charge in [0.15, 0.2) is 0 Å². The van der Waals surface area contributed by atoms with Crippen LogP contribution in [0.25, 0.3) is 10.8 Å². The maximum Gasteiger partial charge on any atom is 0.217 e. The lowest BCUT2D eigenvalue weighted by Crippen LogP contribution is -2.19. The second kappa shape index (κ2) is 5.13. The first-order valence-electron chi connectivity index (χ1n) is 5.34. The summed E-state index contributed by atoms with van der Waals surface area (Å²) in [7, 11) is 0. The van der Waals surface area contributed by atoms with Crippen LogP contribution in [0.1, 0.15) is 12.6 Å². The van der Waals surface area contributed by atoms with Crippen LogP contribution < -0.4 is 5.32 Å². The Morgan fingerprint density at radius 2 is 2.18 bits per heavy atom. The molecule has 1 aromatic carbocycles. The van der Waals surface area contributed by atoms with Gasteiger partial charge in [0, 0.05) is 18.5 Å². The van der Waals surface area contributed by atoms with Crippen molar-refractivity contribution in [3.8, 4) is 11.8 Å². The summed E-state index contributed by atoms with van der Waals surface area (Å²) in [6.45, 7) is 1.82. The van der Waals surface area contributed by atoms with E-state index in [-0.39, 0.29) is 5.91 Å². The highest BCUT2D eigenvalue weighted by atomic mass is 16.1. The fraction of sp³-hybridized carbons (Fsp3) is 0.143. The maximum absolute atomic E-state index is 10.7. The average molecular weight is 224 g/mol. The van der Waals surface area contributed by atoms with Crippen LogP contribution in [-0.2, 0) is 4.79 Å². The zero-order valence-electron chi connectivity index (χ0n) is 9.53. The van der Waals surface area contributed by atoms with E-state index in [1.807, 2.05) is 30.3 Å². The van der Waals surface area contributed by atoms with Crippen LogP contribution >= 0.6 is 0 Å². The third-order valence-electron chi connectivity index (χ3n) is 2.31. The minimum Gasteiger partial charge on any atom is -0.345 e. The molecule has 0 radical (unpaired) electrons. The average Bonchev–Trinajstić information content (AvgIpc) is 2.34. The summed E-state index contributed by atoms with van der Waals surface area (Å²) >= 11 is 0. The molecule has 0 fully saturated rings. The number of nitrogens with one attached hydrogen (secondary N) is 1. The van der Waals surface area contributed by atoms with E-state index >= 15 is 0 Å². The molecular weight excluding hydrogens is 212 g/mol. The van der Waals surface area contributed by atoms with Crippen molar-refractivity contribution in [1.29, 1.82) is 0 Å². The summed E-state index contributed by atoms with van der Waals surface area (Å²) in [4.78, 5) is 14.9. The number of fused-ring (bicyclic) bond motifs is 1. The Morgan fingerprint density at radius 3 is 3.00 bits per heavy atom. The van der Waals surface area contributed by atoms with E-state index in [1.54, 1.807) is 6.20 Å². The minimum absolute atomic E-state index is 0.0785. The fourth-order valence-corrected chi connectivity index (χ4v) is 1.52. The van der Waals surface area contributed by atoms with Gasteiger partial charge in [-0.3, -0.25) is 4.79 Å². The van der Waals surface area contributed by atoms with Crippen molar-refractivity contribution in [2.45, 2.75) is 6.92 Å². The molecule has 0 saturated heterocycles. The van der Waals surface area contributed by atoms with Gasteiger partial charge in [0.1, 0.15) is 5.69 Å². The Bertz CT molecular complexity index is 603. The lowest BCUT2D eigenvalue weighted by molar-refractivity contribution is -0.118. The number of hydrogen-bond acceptors (Lipinski definition) is 2. The molecule has 0 unspecified atom stereocenters. The topological polar surface area (TPSA) is 42.0 Å². The number of pyridine rings is 1. The Labute approximate surface area is 99.9 Å². The molecule has 3 heteroatoms. The van der Waals surface area contributed by atoms with E-state index in [2.05, 4.69) is 22.1 Å². The quantitative estimate of drug-likeness (QED) is 0.749. The second-order valence-electron chi connectivity index (χ2n) is 3.59. The Balaban J connectivity index is 2.26. The van der Waals surface area contributed by atoms with Crippen molar-refractivity contribution in [3.63, 3.8) is 0 Å². The molecule has 0 aliphatic carbocycles. The number of nitrogens with zero attached hydrogens (tertiary/aromatic N) is 1. The number of rotatable bonds is 1. The number of hydrogen-bond donors (Lipinski definition) is 1. The van der Waals surface area contributed by atoms with Gasteiger partial charge in [-0.1, -0.05) is 30.2 Å². The normalized spacial score (nSPS) is 9.47. The highest BCUT2D eigenvalue weighted by molar-refractivity contribution is 5.86. The summed E-state index contributed by atoms with van der Waals surface area (Å²) < 4.78 is 0. The van der Waals surface area contributed by atoms with E-state index in [9.17, 15) is 4.79 Å². The smallest absolute Gasteiger partial charge is 0.217 e. The summed E-state index contributed by atoms with van der Waals surface area (Å²) in [5.41, 5.74) is 0.744. The van der Waals surface area contributed by atoms with Crippen molar-refractivity contribution in [3.05, 3.63) is 42.2 Å². The molecule has 84 valence electrons. The standard InChI is InChI=1S/C14H12N2O/c1-11(17)15-9-4-7-14-13-6-3-2-5-12(13)8-10-16-14/h2-3,5-6,8,10H,9H2,1H3,(H,15,17). The van der Waals surface area contributed by atoms with Crippen LogP contribution in [0.3, 0.4) is 0 Å². The predicted octanol–water partition coefficient (Wildman–Crippen LogP) is 1.72. The number of carbonyl (C=O) groups is 1. The molecule has 1 amide bonds. The van der Waals surface area contributed by atoms with Crippen LogP contribution in [0.2, 0.25) is 0 Å². The molecule has 17 heavy (non-hydrogen) atoms. The van der Waals surface area contributed by atoms with Gasteiger partial charge in [-0.15, -0.1) is 0 Å². The van der Waals surface area contributed by atoms with E-state index in [0.29, 0.717) is 6.54 Å². The molecule has 0 bridgehead atoms. The van der Waals surface area contributed by atoms with E-state index in [4.69, 9.17) is 0 Å². The summed E-state index contributed by atoms with van der Waals surface area (Å²) in [5, 5.41) is 4.77. The summed E-state index contributed by atoms with van der Waals surface area (Å²) in [6, 6.07) is 9.91. The molecule has 1 heterocycles. The molecule has 0 aliphatic rings. The Morgan fingerprint density at radius 1 is 1.35 bits per heavy atom. The van der Waals surface area contributed by atoms with Crippen molar-refractivity contribution in [2.24, 2.45) is 0 Å². The van der Waals surface area contributed by atoms with Crippen LogP contribution in [0.4, 0.5) is 0 Å². The van der Waals surface area contributed by atoms with Gasteiger partial charge in [0.05, 0.1) is 6.54 Å².